The van der Waals surface area contributed by atoms with Crippen LogP contribution in [0.2, 0.25) is 0 Å². The number of nitrogens with zero attached hydrogens (tertiary/aromatic N) is 3. The van der Waals surface area contributed by atoms with Crippen LogP contribution in [0.4, 0.5) is 0 Å². The van der Waals surface area contributed by atoms with Crippen LogP contribution in [0.5, 0.6) is 0 Å². The SMILES string of the molecule is Cc1ccc2c(c1)C(CC(=O)c1ccccc1)N(C1=NCCN1)N=C2. The summed E-state index contributed by atoms with van der Waals surface area (Å²) in [6, 6.07) is 15.6. The Morgan fingerprint density at radius 2 is 2.08 bits per heavy atom. The molecule has 0 radical (unpaired) electrons. The Hall–Kier alpha value is -2.95. The van der Waals surface area contributed by atoms with Gasteiger partial charge in [0.05, 0.1) is 18.8 Å². The van der Waals surface area contributed by atoms with Crippen LogP contribution in [-0.2, 0) is 0 Å². The molecule has 0 amide bonds. The van der Waals surface area contributed by atoms with E-state index < -0.39 is 0 Å². The molecule has 2 aromatic carbocycles. The van der Waals surface area contributed by atoms with Crippen molar-refractivity contribution in [1.82, 2.24) is 10.3 Å². The van der Waals surface area contributed by atoms with Crippen LogP contribution in [-0.4, -0.2) is 36.1 Å². The first kappa shape index (κ1) is 15.6. The molecular formula is C20H20N4O. The molecule has 0 aromatic heterocycles. The number of hydrogen-bond acceptors (Lipinski definition) is 5. The summed E-state index contributed by atoms with van der Waals surface area (Å²) in [7, 11) is 0. The number of guanidine groups is 1. The van der Waals surface area contributed by atoms with E-state index in [1.165, 1.54) is 5.56 Å². The number of aliphatic imine (C=N–C) groups is 1. The van der Waals surface area contributed by atoms with Gasteiger partial charge in [0.15, 0.2) is 5.78 Å². The molecule has 0 aliphatic carbocycles. The minimum absolute atomic E-state index is 0.110. The maximum atomic E-state index is 12.8. The summed E-state index contributed by atoms with van der Waals surface area (Å²) in [5.74, 6) is 0.855. The van der Waals surface area contributed by atoms with Crippen LogP contribution in [0.25, 0.3) is 0 Å². The molecule has 0 saturated carbocycles. The van der Waals surface area contributed by atoms with Crippen molar-refractivity contribution in [3.63, 3.8) is 0 Å². The average Bonchev–Trinajstić information content (AvgIpc) is 3.17. The van der Waals surface area contributed by atoms with Crippen molar-refractivity contribution in [2.24, 2.45) is 10.1 Å². The van der Waals surface area contributed by atoms with Crippen LogP contribution < -0.4 is 5.32 Å². The Morgan fingerprint density at radius 3 is 2.84 bits per heavy atom. The summed E-state index contributed by atoms with van der Waals surface area (Å²) in [6.45, 7) is 3.61. The molecule has 126 valence electrons. The Balaban J connectivity index is 1.70. The number of hydrogen-bond donors (Lipinski definition) is 1. The Labute approximate surface area is 147 Å². The van der Waals surface area contributed by atoms with Crippen molar-refractivity contribution in [2.75, 3.05) is 13.1 Å². The van der Waals surface area contributed by atoms with Crippen LogP contribution in [0.3, 0.4) is 0 Å². The van der Waals surface area contributed by atoms with E-state index in [1.54, 1.807) is 0 Å². The third-order valence-corrected chi connectivity index (χ3v) is 4.57. The number of aryl methyl sites for hydroxylation is 1. The van der Waals surface area contributed by atoms with E-state index in [0.717, 1.165) is 35.7 Å². The fourth-order valence-corrected chi connectivity index (χ4v) is 3.29. The van der Waals surface area contributed by atoms with Crippen molar-refractivity contribution in [3.8, 4) is 0 Å². The molecule has 1 N–H and O–H groups in total. The van der Waals surface area contributed by atoms with E-state index >= 15 is 0 Å². The third kappa shape index (κ3) is 3.05. The molecule has 25 heavy (non-hydrogen) atoms. The minimum atomic E-state index is -0.156. The number of nitrogens with one attached hydrogen (secondary N) is 1. The number of benzene rings is 2. The molecule has 0 saturated heterocycles. The largest absolute Gasteiger partial charge is 0.353 e. The normalized spacial score (nSPS) is 18.5. The lowest BCUT2D eigenvalue weighted by Gasteiger charge is -2.33. The Morgan fingerprint density at radius 1 is 1.24 bits per heavy atom. The minimum Gasteiger partial charge on any atom is -0.353 e. The van der Waals surface area contributed by atoms with Gasteiger partial charge in [-0.05, 0) is 18.1 Å². The molecule has 2 aliphatic rings. The van der Waals surface area contributed by atoms with E-state index in [-0.39, 0.29) is 11.8 Å². The first-order valence-electron chi connectivity index (χ1n) is 8.53. The van der Waals surface area contributed by atoms with Gasteiger partial charge in [0.25, 0.3) is 0 Å². The van der Waals surface area contributed by atoms with Crippen LogP contribution in [0.15, 0.2) is 58.6 Å². The number of carbonyl (C=O) groups excluding carboxylic acids is 1. The van der Waals surface area contributed by atoms with E-state index in [4.69, 9.17) is 0 Å². The number of hydrazone groups is 1. The van der Waals surface area contributed by atoms with Crippen molar-refractivity contribution in [1.29, 1.82) is 0 Å². The molecule has 2 aromatic rings. The van der Waals surface area contributed by atoms with Gasteiger partial charge in [-0.1, -0.05) is 54.1 Å². The van der Waals surface area contributed by atoms with Crippen LogP contribution in [0.1, 0.15) is 39.5 Å². The highest BCUT2D eigenvalue weighted by Crippen LogP contribution is 2.32. The van der Waals surface area contributed by atoms with Crippen molar-refractivity contribution >= 4 is 18.0 Å². The zero-order valence-corrected chi connectivity index (χ0v) is 14.1. The second-order valence-corrected chi connectivity index (χ2v) is 6.36. The second-order valence-electron chi connectivity index (χ2n) is 6.36. The fourth-order valence-electron chi connectivity index (χ4n) is 3.29. The van der Waals surface area contributed by atoms with Gasteiger partial charge in [-0.2, -0.15) is 5.10 Å². The van der Waals surface area contributed by atoms with E-state index in [1.807, 2.05) is 41.6 Å². The summed E-state index contributed by atoms with van der Waals surface area (Å²) >= 11 is 0. The molecular weight excluding hydrogens is 312 g/mol. The van der Waals surface area contributed by atoms with Crippen LogP contribution in [0, 0.1) is 6.92 Å². The zero-order chi connectivity index (χ0) is 17.2. The van der Waals surface area contributed by atoms with Gasteiger partial charge < -0.3 is 5.32 Å². The predicted molar refractivity (Wildman–Crippen MR) is 99.0 cm³/mol. The summed E-state index contributed by atoms with van der Waals surface area (Å²) in [5, 5.41) is 9.70. The van der Waals surface area contributed by atoms with E-state index in [0.29, 0.717) is 6.42 Å². The van der Waals surface area contributed by atoms with Crippen molar-refractivity contribution < 1.29 is 4.79 Å². The highest BCUT2D eigenvalue weighted by molar-refractivity contribution is 5.97. The molecule has 2 aliphatic heterocycles. The monoisotopic (exact) mass is 332 g/mol. The number of carbonyl (C=O) groups is 1. The maximum Gasteiger partial charge on any atom is 0.215 e. The van der Waals surface area contributed by atoms with Crippen LogP contribution >= 0.6 is 0 Å². The van der Waals surface area contributed by atoms with Gasteiger partial charge in [0, 0.05) is 18.5 Å². The van der Waals surface area contributed by atoms with Gasteiger partial charge in [0.1, 0.15) is 0 Å². The smallest absolute Gasteiger partial charge is 0.215 e. The third-order valence-electron chi connectivity index (χ3n) is 4.57. The van der Waals surface area contributed by atoms with E-state index in [9.17, 15) is 4.79 Å². The van der Waals surface area contributed by atoms with Gasteiger partial charge in [-0.3, -0.25) is 4.79 Å². The first-order valence-corrected chi connectivity index (χ1v) is 8.53. The average molecular weight is 332 g/mol. The van der Waals surface area contributed by atoms with Gasteiger partial charge >= 0.3 is 0 Å². The topological polar surface area (TPSA) is 57.1 Å². The number of ketones is 1. The number of fused-ring (bicyclic) bond motifs is 1. The number of Topliss-reactive ketones (excluding diaryl/α,β-unsaturated/α-hetero) is 1. The molecule has 0 bridgehead atoms. The molecule has 4 rings (SSSR count). The van der Waals surface area contributed by atoms with Crippen molar-refractivity contribution in [2.45, 2.75) is 19.4 Å². The Kier molecular flexibility index (Phi) is 4.06. The first-order chi connectivity index (χ1) is 12.2. The standard InChI is InChI=1S/C20H20N4O/c1-14-7-8-16-13-23-24(20-21-9-10-22-20)18(17(16)11-14)12-19(25)15-5-3-2-4-6-15/h2-8,11,13,18H,9-10,12H2,1H3,(H,21,22). The highest BCUT2D eigenvalue weighted by Gasteiger charge is 2.31. The summed E-state index contributed by atoms with van der Waals surface area (Å²) < 4.78 is 0. The summed E-state index contributed by atoms with van der Waals surface area (Å²) in [5.41, 5.74) is 4.09. The number of rotatable bonds is 3. The molecule has 1 unspecified atom stereocenters. The molecule has 0 fully saturated rings. The molecule has 5 nitrogen and oxygen atoms in total. The maximum absolute atomic E-state index is 12.8. The van der Waals surface area contributed by atoms with Gasteiger partial charge in [-0.25, -0.2) is 10.0 Å². The lowest BCUT2D eigenvalue weighted by Crippen LogP contribution is -2.40. The zero-order valence-electron chi connectivity index (χ0n) is 14.1. The molecule has 1 atom stereocenters. The predicted octanol–water partition coefficient (Wildman–Crippen LogP) is 2.92. The van der Waals surface area contributed by atoms with Gasteiger partial charge in [0.2, 0.25) is 5.96 Å². The molecule has 2 heterocycles. The Bertz CT molecular complexity index is 857. The van der Waals surface area contributed by atoms with Gasteiger partial charge in [-0.15, -0.1) is 0 Å². The second kappa shape index (κ2) is 6.51. The quantitative estimate of drug-likeness (QED) is 0.879. The molecule has 5 heteroatoms. The molecule has 0 spiro atoms. The lowest BCUT2D eigenvalue weighted by atomic mass is 9.92. The highest BCUT2D eigenvalue weighted by atomic mass is 16.1. The summed E-state index contributed by atoms with van der Waals surface area (Å²) in [6.07, 6.45) is 2.21. The van der Waals surface area contributed by atoms with E-state index in [2.05, 4.69) is 40.5 Å². The lowest BCUT2D eigenvalue weighted by molar-refractivity contribution is 0.0948. The fraction of sp³-hybridized carbons (Fsp3) is 0.250. The van der Waals surface area contributed by atoms with Crippen molar-refractivity contribution in [3.05, 3.63) is 70.8 Å². The summed E-state index contributed by atoms with van der Waals surface area (Å²) in [4.78, 5) is 17.3.